The molecule has 2 rings (SSSR count). The molecular weight excluding hydrogens is 242 g/mol. The number of para-hydroxylation sites is 1. The maximum Gasteiger partial charge on any atom is 0.279 e. The Bertz CT molecular complexity index is 620. The number of imidazole rings is 1. The first-order valence-corrected chi connectivity index (χ1v) is 6.29. The van der Waals surface area contributed by atoms with Crippen LogP contribution in [0.2, 0.25) is 0 Å². The molecule has 0 saturated carbocycles. The van der Waals surface area contributed by atoms with E-state index in [-0.39, 0.29) is 16.5 Å². The second-order valence-electron chi connectivity index (χ2n) is 3.49. The van der Waals surface area contributed by atoms with Gasteiger partial charge in [-0.3, -0.25) is 4.72 Å². The van der Waals surface area contributed by atoms with Gasteiger partial charge in [0.25, 0.3) is 10.0 Å². The lowest BCUT2D eigenvalue weighted by Crippen LogP contribution is -2.13. The molecule has 1 heterocycles. The van der Waals surface area contributed by atoms with E-state index in [4.69, 9.17) is 0 Å². The van der Waals surface area contributed by atoms with Gasteiger partial charge in [-0.25, -0.2) is 4.98 Å². The quantitative estimate of drug-likeness (QED) is 0.717. The van der Waals surface area contributed by atoms with Crippen molar-refractivity contribution in [1.29, 1.82) is 0 Å². The fraction of sp³-hybridized carbons (Fsp3) is 0.100. The molecule has 17 heavy (non-hydrogen) atoms. The molecular formula is C10H11N3O3S. The fourth-order valence-corrected chi connectivity index (χ4v) is 2.30. The van der Waals surface area contributed by atoms with E-state index >= 15 is 0 Å². The molecule has 0 aliphatic carbocycles. The number of sulfonamides is 1. The summed E-state index contributed by atoms with van der Waals surface area (Å²) < 4.78 is 25.9. The van der Waals surface area contributed by atoms with Crippen molar-refractivity contribution < 1.29 is 13.5 Å². The van der Waals surface area contributed by atoms with Gasteiger partial charge in [-0.15, -0.1) is 0 Å². The van der Waals surface area contributed by atoms with Gasteiger partial charge in [-0.2, -0.15) is 8.42 Å². The Balaban J connectivity index is 2.37. The van der Waals surface area contributed by atoms with E-state index in [1.165, 1.54) is 18.6 Å². The smallest absolute Gasteiger partial charge is 0.279 e. The topological polar surface area (TPSA) is 95.1 Å². The lowest BCUT2D eigenvalue weighted by atomic mass is 10.2. The molecule has 0 aliphatic rings. The first kappa shape index (κ1) is 11.5. The van der Waals surface area contributed by atoms with Gasteiger partial charge in [0.2, 0.25) is 0 Å². The Morgan fingerprint density at radius 2 is 2.18 bits per heavy atom. The number of phenols is 1. The number of aromatic amines is 1. The van der Waals surface area contributed by atoms with Crippen LogP contribution in [-0.4, -0.2) is 23.5 Å². The van der Waals surface area contributed by atoms with Crippen LogP contribution < -0.4 is 4.72 Å². The second kappa shape index (κ2) is 4.10. The van der Waals surface area contributed by atoms with Gasteiger partial charge in [0.15, 0.2) is 5.03 Å². The van der Waals surface area contributed by atoms with E-state index in [9.17, 15) is 13.5 Å². The van der Waals surface area contributed by atoms with Crippen LogP contribution in [0.3, 0.4) is 0 Å². The summed E-state index contributed by atoms with van der Waals surface area (Å²) >= 11 is 0. The number of hydrogen-bond donors (Lipinski definition) is 3. The van der Waals surface area contributed by atoms with Crippen molar-refractivity contribution >= 4 is 15.7 Å². The molecule has 0 fully saturated rings. The minimum atomic E-state index is -3.74. The van der Waals surface area contributed by atoms with E-state index in [0.29, 0.717) is 5.56 Å². The monoisotopic (exact) mass is 253 g/mol. The molecule has 0 amide bonds. The molecule has 6 nitrogen and oxygen atoms in total. The van der Waals surface area contributed by atoms with Crippen LogP contribution in [0.15, 0.2) is 35.7 Å². The van der Waals surface area contributed by atoms with Crippen LogP contribution in [-0.2, 0) is 10.0 Å². The molecule has 7 heteroatoms. The number of aromatic hydroxyl groups is 1. The third-order valence-electron chi connectivity index (χ3n) is 2.24. The van der Waals surface area contributed by atoms with Gasteiger partial charge in [-0.1, -0.05) is 12.1 Å². The molecule has 0 bridgehead atoms. The van der Waals surface area contributed by atoms with Crippen LogP contribution in [0, 0.1) is 6.92 Å². The summed E-state index contributed by atoms with van der Waals surface area (Å²) in [7, 11) is -3.74. The number of aryl methyl sites for hydroxylation is 1. The van der Waals surface area contributed by atoms with E-state index in [2.05, 4.69) is 14.7 Å². The third kappa shape index (κ3) is 2.23. The molecule has 3 N–H and O–H groups in total. The molecule has 0 radical (unpaired) electrons. The average Bonchev–Trinajstić information content (AvgIpc) is 2.78. The Labute approximate surface area is 98.4 Å². The highest BCUT2D eigenvalue weighted by Crippen LogP contribution is 2.28. The van der Waals surface area contributed by atoms with E-state index in [1.807, 2.05) is 0 Å². The number of phenolic OH excluding ortho intramolecular Hbond substituents is 1. The van der Waals surface area contributed by atoms with E-state index in [0.717, 1.165) is 0 Å². The summed E-state index contributed by atoms with van der Waals surface area (Å²) in [4.78, 5) is 6.12. The molecule has 0 saturated heterocycles. The number of aromatic nitrogens is 2. The fourth-order valence-electron chi connectivity index (χ4n) is 1.33. The van der Waals surface area contributed by atoms with Crippen molar-refractivity contribution in [3.63, 3.8) is 0 Å². The molecule has 0 spiro atoms. The van der Waals surface area contributed by atoms with Gasteiger partial charge in [0.1, 0.15) is 5.75 Å². The standard InChI is InChI=1S/C10H11N3O3S/c1-7-3-2-4-8(10(7)14)13-17(15,16)9-5-11-6-12-9/h2-6,13-14H,1H3,(H,11,12). The summed E-state index contributed by atoms with van der Waals surface area (Å²) in [6.45, 7) is 1.68. The molecule has 0 atom stereocenters. The zero-order chi connectivity index (χ0) is 12.5. The molecule has 1 aromatic heterocycles. The first-order valence-electron chi connectivity index (χ1n) is 4.80. The summed E-state index contributed by atoms with van der Waals surface area (Å²) in [6.07, 6.45) is 2.46. The molecule has 0 aliphatic heterocycles. The lowest BCUT2D eigenvalue weighted by Gasteiger charge is -2.09. The molecule has 2 aromatic rings. The van der Waals surface area contributed by atoms with Crippen molar-refractivity contribution in [3.8, 4) is 5.75 Å². The molecule has 0 unspecified atom stereocenters. The largest absolute Gasteiger partial charge is 0.505 e. The number of rotatable bonds is 3. The van der Waals surface area contributed by atoms with Gasteiger partial charge in [0, 0.05) is 0 Å². The van der Waals surface area contributed by atoms with Gasteiger partial charge >= 0.3 is 0 Å². The highest BCUT2D eigenvalue weighted by molar-refractivity contribution is 7.92. The Hall–Kier alpha value is -2.02. The lowest BCUT2D eigenvalue weighted by molar-refractivity contribution is 0.473. The number of benzene rings is 1. The van der Waals surface area contributed by atoms with Crippen LogP contribution in [0.1, 0.15) is 5.56 Å². The minimum Gasteiger partial charge on any atom is -0.505 e. The van der Waals surface area contributed by atoms with Crippen molar-refractivity contribution in [1.82, 2.24) is 9.97 Å². The van der Waals surface area contributed by atoms with Crippen LogP contribution >= 0.6 is 0 Å². The van der Waals surface area contributed by atoms with Gasteiger partial charge in [-0.05, 0) is 18.6 Å². The zero-order valence-electron chi connectivity index (χ0n) is 9.01. The Morgan fingerprint density at radius 3 is 2.82 bits per heavy atom. The second-order valence-corrected chi connectivity index (χ2v) is 5.14. The highest BCUT2D eigenvalue weighted by atomic mass is 32.2. The van der Waals surface area contributed by atoms with Crippen molar-refractivity contribution in [2.24, 2.45) is 0 Å². The summed E-state index contributed by atoms with van der Waals surface area (Å²) in [5.41, 5.74) is 0.731. The summed E-state index contributed by atoms with van der Waals surface area (Å²) in [5, 5.41) is 9.65. The SMILES string of the molecule is Cc1cccc(NS(=O)(=O)c2cnc[nH]2)c1O. The molecule has 90 valence electrons. The van der Waals surface area contributed by atoms with Gasteiger partial charge in [0.05, 0.1) is 18.2 Å². The Kier molecular flexibility index (Phi) is 2.76. The molecule has 1 aromatic carbocycles. The number of anilines is 1. The van der Waals surface area contributed by atoms with E-state index in [1.54, 1.807) is 19.1 Å². The number of nitrogens with zero attached hydrogens (tertiary/aromatic N) is 1. The van der Waals surface area contributed by atoms with E-state index < -0.39 is 10.0 Å². The number of H-pyrrole nitrogens is 1. The van der Waals surface area contributed by atoms with Crippen molar-refractivity contribution in [2.45, 2.75) is 11.9 Å². The van der Waals surface area contributed by atoms with Crippen LogP contribution in [0.5, 0.6) is 5.75 Å². The van der Waals surface area contributed by atoms with Crippen LogP contribution in [0.25, 0.3) is 0 Å². The maximum absolute atomic E-state index is 11.8. The maximum atomic E-state index is 11.8. The Morgan fingerprint density at radius 1 is 1.41 bits per heavy atom. The minimum absolute atomic E-state index is 0.0570. The van der Waals surface area contributed by atoms with Gasteiger partial charge < -0.3 is 10.1 Å². The number of hydrogen-bond acceptors (Lipinski definition) is 4. The van der Waals surface area contributed by atoms with Crippen LogP contribution in [0.4, 0.5) is 5.69 Å². The zero-order valence-corrected chi connectivity index (χ0v) is 9.82. The summed E-state index contributed by atoms with van der Waals surface area (Å²) in [6, 6.07) is 4.82. The highest BCUT2D eigenvalue weighted by Gasteiger charge is 2.17. The van der Waals surface area contributed by atoms with Crippen molar-refractivity contribution in [2.75, 3.05) is 4.72 Å². The average molecular weight is 253 g/mol. The summed E-state index contributed by atoms with van der Waals surface area (Å²) in [5.74, 6) is -0.0874. The van der Waals surface area contributed by atoms with Crippen molar-refractivity contribution in [3.05, 3.63) is 36.3 Å². The third-order valence-corrected chi connectivity index (χ3v) is 3.54. The normalized spacial score (nSPS) is 11.4. The predicted octanol–water partition coefficient (Wildman–Crippen LogP) is 1.22. The first-order chi connectivity index (χ1) is 8.00. The number of nitrogens with one attached hydrogen (secondary N) is 2. The predicted molar refractivity (Wildman–Crippen MR) is 62.2 cm³/mol.